The highest BCUT2D eigenvalue weighted by Crippen LogP contribution is 2.20. The summed E-state index contributed by atoms with van der Waals surface area (Å²) in [6, 6.07) is 3.08. The number of phenolic OH excluding ortho intramolecular Hbond substituents is 1. The number of carbonyl (C=O) groups is 2. The van der Waals surface area contributed by atoms with Crippen LogP contribution < -0.4 is 5.73 Å². The average molecular weight is 249 g/mol. The molecule has 0 aliphatic rings. The number of ketones is 1. The zero-order valence-corrected chi connectivity index (χ0v) is 10.0. The lowest BCUT2D eigenvalue weighted by Gasteiger charge is -2.11. The number of carboxylic acids is 1. The van der Waals surface area contributed by atoms with E-state index < -0.39 is 12.0 Å². The minimum Gasteiger partial charge on any atom is -0.508 e. The summed E-state index contributed by atoms with van der Waals surface area (Å²) in [5, 5.41) is 18.1. The number of hydrogen-bond donors (Lipinski definition) is 3. The Morgan fingerprint density at radius 1 is 1.44 bits per heavy atom. The van der Waals surface area contributed by atoms with Crippen molar-refractivity contribution in [1.29, 1.82) is 0 Å². The molecule has 0 fully saturated rings. The number of hydrogen-bond acceptors (Lipinski definition) is 4. The van der Waals surface area contributed by atoms with Gasteiger partial charge in [0.05, 0.1) is 0 Å². The van der Waals surface area contributed by atoms with Crippen LogP contribution in [0.25, 0.3) is 0 Å². The molecule has 0 heterocycles. The van der Waals surface area contributed by atoms with Gasteiger partial charge in [-0.1, -0.05) is 12.6 Å². The Kier molecular flexibility index (Phi) is 4.23. The molecule has 5 heteroatoms. The topological polar surface area (TPSA) is 101 Å². The summed E-state index contributed by atoms with van der Waals surface area (Å²) in [5.41, 5.74) is 6.46. The molecule has 0 saturated heterocycles. The Labute approximate surface area is 105 Å². The lowest BCUT2D eigenvalue weighted by molar-refractivity contribution is -0.138. The number of aliphatic carboxylic acids is 1. The standard InChI is InChI=1S/C13H15NO4/c1-7(2)12(16)10-6-9(15)4-3-8(10)5-11(14)13(17)18/h3-4,6,11,15H,1,5,14H2,2H3,(H,17,18). The molecule has 1 aromatic carbocycles. The lowest BCUT2D eigenvalue weighted by Crippen LogP contribution is -2.32. The van der Waals surface area contributed by atoms with Crippen LogP contribution >= 0.6 is 0 Å². The Morgan fingerprint density at radius 3 is 2.56 bits per heavy atom. The van der Waals surface area contributed by atoms with Gasteiger partial charge in [-0.2, -0.15) is 0 Å². The molecule has 1 aromatic rings. The maximum Gasteiger partial charge on any atom is 0.320 e. The molecule has 0 aliphatic carbocycles. The van der Waals surface area contributed by atoms with E-state index in [0.717, 1.165) is 0 Å². The first-order valence-corrected chi connectivity index (χ1v) is 5.33. The molecule has 4 N–H and O–H groups in total. The Bertz CT molecular complexity index is 508. The highest BCUT2D eigenvalue weighted by molar-refractivity contribution is 6.09. The van der Waals surface area contributed by atoms with E-state index in [1.54, 1.807) is 6.92 Å². The highest BCUT2D eigenvalue weighted by atomic mass is 16.4. The zero-order chi connectivity index (χ0) is 13.9. The van der Waals surface area contributed by atoms with E-state index in [2.05, 4.69) is 6.58 Å². The summed E-state index contributed by atoms with van der Waals surface area (Å²) in [6.07, 6.45) is 0.0178. The molecule has 0 radical (unpaired) electrons. The maximum atomic E-state index is 11.9. The second-order valence-electron chi connectivity index (χ2n) is 4.10. The molecule has 96 valence electrons. The zero-order valence-electron chi connectivity index (χ0n) is 10.0. The lowest BCUT2D eigenvalue weighted by atomic mass is 9.95. The largest absolute Gasteiger partial charge is 0.508 e. The number of phenols is 1. The van der Waals surface area contributed by atoms with Crippen molar-refractivity contribution in [3.05, 3.63) is 41.5 Å². The van der Waals surface area contributed by atoms with Crippen LogP contribution in [0, 0.1) is 0 Å². The molecule has 18 heavy (non-hydrogen) atoms. The maximum absolute atomic E-state index is 11.9. The number of carbonyl (C=O) groups excluding carboxylic acids is 1. The predicted molar refractivity (Wildman–Crippen MR) is 66.6 cm³/mol. The summed E-state index contributed by atoms with van der Waals surface area (Å²) in [7, 11) is 0. The first kappa shape index (κ1) is 13.9. The van der Waals surface area contributed by atoms with Crippen LogP contribution in [0.3, 0.4) is 0 Å². The summed E-state index contributed by atoms with van der Waals surface area (Å²) in [4.78, 5) is 22.6. The van der Waals surface area contributed by atoms with Crippen molar-refractivity contribution < 1.29 is 19.8 Å². The van der Waals surface area contributed by atoms with Crippen LogP contribution in [0.1, 0.15) is 22.8 Å². The molecular weight excluding hydrogens is 234 g/mol. The van der Waals surface area contributed by atoms with Gasteiger partial charge in [-0.3, -0.25) is 9.59 Å². The SMILES string of the molecule is C=C(C)C(=O)c1cc(O)ccc1CC(N)C(=O)O. The van der Waals surface area contributed by atoms with Crippen LogP contribution in [0.15, 0.2) is 30.4 Å². The molecule has 0 aromatic heterocycles. The first-order valence-electron chi connectivity index (χ1n) is 5.33. The van der Waals surface area contributed by atoms with Gasteiger partial charge in [0.15, 0.2) is 5.78 Å². The van der Waals surface area contributed by atoms with Crippen molar-refractivity contribution in [2.75, 3.05) is 0 Å². The van der Waals surface area contributed by atoms with E-state index in [0.29, 0.717) is 11.1 Å². The molecule has 0 aliphatic heterocycles. The van der Waals surface area contributed by atoms with Crippen molar-refractivity contribution in [2.24, 2.45) is 5.73 Å². The Balaban J connectivity index is 3.15. The van der Waals surface area contributed by atoms with Gasteiger partial charge in [-0.05, 0) is 36.6 Å². The fraction of sp³-hybridized carbons (Fsp3) is 0.231. The van der Waals surface area contributed by atoms with Crippen molar-refractivity contribution in [3.63, 3.8) is 0 Å². The summed E-state index contributed by atoms with van der Waals surface area (Å²) in [6.45, 7) is 5.09. The number of allylic oxidation sites excluding steroid dienone is 1. The van der Waals surface area contributed by atoms with E-state index in [9.17, 15) is 14.7 Å². The van der Waals surface area contributed by atoms with Crippen LogP contribution in [0.2, 0.25) is 0 Å². The molecule has 1 rings (SSSR count). The van der Waals surface area contributed by atoms with Gasteiger partial charge in [0.2, 0.25) is 0 Å². The minimum absolute atomic E-state index is 0.0178. The van der Waals surface area contributed by atoms with E-state index in [1.807, 2.05) is 0 Å². The van der Waals surface area contributed by atoms with Gasteiger partial charge in [0.25, 0.3) is 0 Å². The number of Topliss-reactive ketones (excluding diaryl/α,β-unsaturated/α-hetero) is 1. The Hall–Kier alpha value is -2.14. The van der Waals surface area contributed by atoms with Crippen LogP contribution in [-0.2, 0) is 11.2 Å². The normalized spacial score (nSPS) is 11.9. The number of nitrogens with two attached hydrogens (primary N) is 1. The number of benzene rings is 1. The van der Waals surface area contributed by atoms with E-state index in [4.69, 9.17) is 10.8 Å². The quantitative estimate of drug-likeness (QED) is 0.536. The average Bonchev–Trinajstić information content (AvgIpc) is 2.30. The third kappa shape index (κ3) is 3.18. The molecule has 5 nitrogen and oxygen atoms in total. The molecular formula is C13H15NO4. The van der Waals surface area contributed by atoms with Gasteiger partial charge in [-0.25, -0.2) is 0 Å². The van der Waals surface area contributed by atoms with Gasteiger partial charge in [0, 0.05) is 5.56 Å². The van der Waals surface area contributed by atoms with Crippen LogP contribution in [0.5, 0.6) is 5.75 Å². The fourth-order valence-corrected chi connectivity index (χ4v) is 1.51. The van der Waals surface area contributed by atoms with Crippen molar-refractivity contribution in [3.8, 4) is 5.75 Å². The summed E-state index contributed by atoms with van der Waals surface area (Å²) in [5.74, 6) is -1.54. The number of carboxylic acid groups (broad SMARTS) is 1. The van der Waals surface area contributed by atoms with Crippen LogP contribution in [-0.4, -0.2) is 28.0 Å². The predicted octanol–water partition coefficient (Wildman–Crippen LogP) is 1.11. The van der Waals surface area contributed by atoms with Gasteiger partial charge < -0.3 is 15.9 Å². The van der Waals surface area contributed by atoms with E-state index >= 15 is 0 Å². The second kappa shape index (κ2) is 5.46. The monoisotopic (exact) mass is 249 g/mol. The third-order valence-electron chi connectivity index (χ3n) is 2.48. The van der Waals surface area contributed by atoms with Gasteiger partial charge in [0.1, 0.15) is 11.8 Å². The summed E-state index contributed by atoms with van der Waals surface area (Å²) < 4.78 is 0. The smallest absolute Gasteiger partial charge is 0.320 e. The second-order valence-corrected chi connectivity index (χ2v) is 4.10. The Morgan fingerprint density at radius 2 is 2.06 bits per heavy atom. The molecule has 0 spiro atoms. The first-order chi connectivity index (χ1) is 8.32. The van der Waals surface area contributed by atoms with Crippen molar-refractivity contribution in [2.45, 2.75) is 19.4 Å². The molecule has 0 bridgehead atoms. The molecule has 0 saturated carbocycles. The fourth-order valence-electron chi connectivity index (χ4n) is 1.51. The third-order valence-corrected chi connectivity index (χ3v) is 2.48. The van der Waals surface area contributed by atoms with E-state index in [1.165, 1.54) is 18.2 Å². The van der Waals surface area contributed by atoms with Crippen molar-refractivity contribution in [1.82, 2.24) is 0 Å². The number of rotatable bonds is 5. The summed E-state index contributed by atoms with van der Waals surface area (Å²) >= 11 is 0. The molecule has 1 atom stereocenters. The van der Waals surface area contributed by atoms with Crippen molar-refractivity contribution >= 4 is 11.8 Å². The van der Waals surface area contributed by atoms with Crippen LogP contribution in [0.4, 0.5) is 0 Å². The molecule has 0 amide bonds. The highest BCUT2D eigenvalue weighted by Gasteiger charge is 2.18. The van der Waals surface area contributed by atoms with E-state index in [-0.39, 0.29) is 23.5 Å². The molecule has 1 unspecified atom stereocenters. The minimum atomic E-state index is -1.14. The number of aromatic hydroxyl groups is 1. The van der Waals surface area contributed by atoms with Gasteiger partial charge in [-0.15, -0.1) is 0 Å². The van der Waals surface area contributed by atoms with Gasteiger partial charge >= 0.3 is 5.97 Å².